The molecule has 0 bridgehead atoms. The third-order valence-corrected chi connectivity index (χ3v) is 5.66. The standard InChI is InChI=1S/C15H23IN2OS2/c1-15(2,21-4)14(19)18-13-6-5-12(16)9-11(13)10-17-7-8-20-3/h5-6,9,17H,7-8,10H2,1-4H3,(H,18,19). The van der Waals surface area contributed by atoms with Crippen LogP contribution in [0.3, 0.4) is 0 Å². The Morgan fingerprint density at radius 1 is 1.33 bits per heavy atom. The Labute approximate surface area is 149 Å². The number of thioether (sulfide) groups is 2. The number of carbonyl (C=O) groups excluding carboxylic acids is 1. The van der Waals surface area contributed by atoms with E-state index in [4.69, 9.17) is 0 Å². The maximum absolute atomic E-state index is 12.3. The predicted molar refractivity (Wildman–Crippen MR) is 105 cm³/mol. The number of rotatable bonds is 8. The Morgan fingerprint density at radius 3 is 2.67 bits per heavy atom. The molecule has 0 saturated heterocycles. The van der Waals surface area contributed by atoms with Crippen LogP contribution in [0.25, 0.3) is 0 Å². The van der Waals surface area contributed by atoms with Crippen LogP contribution in [0.2, 0.25) is 0 Å². The van der Waals surface area contributed by atoms with E-state index in [0.717, 1.165) is 30.1 Å². The van der Waals surface area contributed by atoms with Gasteiger partial charge in [0, 0.05) is 28.1 Å². The lowest BCUT2D eigenvalue weighted by Gasteiger charge is -2.22. The number of nitrogens with one attached hydrogen (secondary N) is 2. The summed E-state index contributed by atoms with van der Waals surface area (Å²) in [6.45, 7) is 5.62. The molecule has 1 rings (SSSR count). The van der Waals surface area contributed by atoms with Gasteiger partial charge >= 0.3 is 0 Å². The Kier molecular flexibility index (Phi) is 8.44. The molecule has 0 aliphatic carbocycles. The first-order chi connectivity index (χ1) is 9.90. The van der Waals surface area contributed by atoms with Gasteiger partial charge in [-0.2, -0.15) is 11.8 Å². The van der Waals surface area contributed by atoms with Crippen molar-refractivity contribution >= 4 is 57.7 Å². The van der Waals surface area contributed by atoms with Crippen LogP contribution in [0.5, 0.6) is 0 Å². The summed E-state index contributed by atoms with van der Waals surface area (Å²) in [7, 11) is 0. The Morgan fingerprint density at radius 2 is 2.05 bits per heavy atom. The van der Waals surface area contributed by atoms with Crippen molar-refractivity contribution in [2.45, 2.75) is 25.1 Å². The monoisotopic (exact) mass is 438 g/mol. The molecule has 0 fully saturated rings. The number of benzene rings is 1. The number of halogens is 1. The number of hydrogen-bond donors (Lipinski definition) is 2. The van der Waals surface area contributed by atoms with Gasteiger partial charge in [-0.25, -0.2) is 0 Å². The van der Waals surface area contributed by atoms with E-state index in [1.165, 1.54) is 3.57 Å². The second kappa shape index (κ2) is 9.27. The van der Waals surface area contributed by atoms with Crippen molar-refractivity contribution in [3.8, 4) is 0 Å². The topological polar surface area (TPSA) is 41.1 Å². The molecule has 6 heteroatoms. The van der Waals surface area contributed by atoms with E-state index in [1.54, 1.807) is 11.8 Å². The van der Waals surface area contributed by atoms with Crippen LogP contribution in [0.1, 0.15) is 19.4 Å². The normalized spacial score (nSPS) is 11.5. The first kappa shape index (κ1) is 19.1. The van der Waals surface area contributed by atoms with E-state index in [2.05, 4.69) is 45.5 Å². The Bertz CT molecular complexity index is 481. The summed E-state index contributed by atoms with van der Waals surface area (Å²) in [4.78, 5) is 12.3. The highest BCUT2D eigenvalue weighted by atomic mass is 127. The van der Waals surface area contributed by atoms with Crippen LogP contribution in [-0.2, 0) is 11.3 Å². The van der Waals surface area contributed by atoms with Gasteiger partial charge in [0.15, 0.2) is 0 Å². The van der Waals surface area contributed by atoms with E-state index in [-0.39, 0.29) is 5.91 Å². The first-order valence-electron chi connectivity index (χ1n) is 6.75. The lowest BCUT2D eigenvalue weighted by molar-refractivity contribution is -0.117. The zero-order valence-corrected chi connectivity index (χ0v) is 16.7. The van der Waals surface area contributed by atoms with E-state index in [9.17, 15) is 4.79 Å². The van der Waals surface area contributed by atoms with Crippen LogP contribution in [0.4, 0.5) is 5.69 Å². The van der Waals surface area contributed by atoms with Gasteiger partial charge in [0.05, 0.1) is 4.75 Å². The molecule has 0 heterocycles. The fourth-order valence-electron chi connectivity index (χ4n) is 1.59. The van der Waals surface area contributed by atoms with Gasteiger partial charge in [-0.1, -0.05) is 0 Å². The second-order valence-corrected chi connectivity index (χ2v) is 8.80. The lowest BCUT2D eigenvalue weighted by Crippen LogP contribution is -2.34. The minimum atomic E-state index is -0.424. The second-order valence-electron chi connectivity index (χ2n) is 5.14. The largest absolute Gasteiger partial charge is 0.325 e. The van der Waals surface area contributed by atoms with Crippen molar-refractivity contribution in [1.29, 1.82) is 0 Å². The Balaban J connectivity index is 2.79. The molecule has 0 saturated carbocycles. The quantitative estimate of drug-likeness (QED) is 0.478. The molecule has 0 aliphatic rings. The number of amides is 1. The van der Waals surface area contributed by atoms with Crippen molar-refractivity contribution in [2.24, 2.45) is 0 Å². The summed E-state index contributed by atoms with van der Waals surface area (Å²) in [5.74, 6) is 1.13. The van der Waals surface area contributed by atoms with E-state index in [0.29, 0.717) is 0 Å². The third-order valence-electron chi connectivity index (χ3n) is 3.17. The van der Waals surface area contributed by atoms with Gasteiger partial charge in [-0.3, -0.25) is 4.79 Å². The molecule has 0 aliphatic heterocycles. The predicted octanol–water partition coefficient (Wildman–Crippen LogP) is 3.82. The van der Waals surface area contributed by atoms with Gasteiger partial charge in [0.2, 0.25) is 5.91 Å². The van der Waals surface area contributed by atoms with E-state index >= 15 is 0 Å². The zero-order chi connectivity index (χ0) is 15.9. The average Bonchev–Trinajstić information content (AvgIpc) is 2.46. The summed E-state index contributed by atoms with van der Waals surface area (Å²) in [6.07, 6.45) is 4.06. The number of anilines is 1. The minimum Gasteiger partial charge on any atom is -0.325 e. The molecule has 1 aromatic rings. The highest BCUT2D eigenvalue weighted by Crippen LogP contribution is 2.25. The summed E-state index contributed by atoms with van der Waals surface area (Å²) in [5, 5.41) is 6.48. The molecule has 2 N–H and O–H groups in total. The molecule has 0 aromatic heterocycles. The molecular formula is C15H23IN2OS2. The van der Waals surface area contributed by atoms with E-state index in [1.807, 2.05) is 44.0 Å². The van der Waals surface area contributed by atoms with Crippen molar-refractivity contribution in [2.75, 3.05) is 30.1 Å². The van der Waals surface area contributed by atoms with Crippen molar-refractivity contribution in [1.82, 2.24) is 5.32 Å². The van der Waals surface area contributed by atoms with Crippen LogP contribution >= 0.6 is 46.1 Å². The first-order valence-corrected chi connectivity index (χ1v) is 10.4. The fourth-order valence-corrected chi connectivity index (χ4v) is 2.73. The summed E-state index contributed by atoms with van der Waals surface area (Å²) in [6, 6.07) is 6.13. The highest BCUT2D eigenvalue weighted by Gasteiger charge is 2.26. The third kappa shape index (κ3) is 6.38. The van der Waals surface area contributed by atoms with Crippen molar-refractivity contribution in [3.05, 3.63) is 27.3 Å². The van der Waals surface area contributed by atoms with Gasteiger partial charge in [0.1, 0.15) is 0 Å². The van der Waals surface area contributed by atoms with Crippen molar-refractivity contribution in [3.63, 3.8) is 0 Å². The van der Waals surface area contributed by atoms with E-state index < -0.39 is 4.75 Å². The van der Waals surface area contributed by atoms with Crippen molar-refractivity contribution < 1.29 is 4.79 Å². The summed E-state index contributed by atoms with van der Waals surface area (Å²) in [5.41, 5.74) is 2.03. The van der Waals surface area contributed by atoms with Crippen LogP contribution in [0, 0.1) is 3.57 Å². The molecule has 21 heavy (non-hydrogen) atoms. The zero-order valence-electron chi connectivity index (χ0n) is 13.0. The molecule has 0 atom stereocenters. The van der Waals surface area contributed by atoms with Crippen LogP contribution in [0.15, 0.2) is 18.2 Å². The molecule has 0 radical (unpaired) electrons. The molecule has 3 nitrogen and oxygen atoms in total. The summed E-state index contributed by atoms with van der Waals surface area (Å²) < 4.78 is 0.753. The number of hydrogen-bond acceptors (Lipinski definition) is 4. The molecule has 1 aromatic carbocycles. The number of carbonyl (C=O) groups is 1. The molecule has 1 amide bonds. The Hall–Kier alpha value is 0.0800. The SMILES string of the molecule is CSCCNCc1cc(I)ccc1NC(=O)C(C)(C)SC. The van der Waals surface area contributed by atoms with Gasteiger partial charge in [-0.05, 0) is 72.7 Å². The molecule has 0 spiro atoms. The molecular weight excluding hydrogens is 415 g/mol. The molecule has 118 valence electrons. The van der Waals surface area contributed by atoms with Crippen LogP contribution in [-0.4, -0.2) is 35.5 Å². The lowest BCUT2D eigenvalue weighted by atomic mass is 10.1. The molecule has 0 unspecified atom stereocenters. The van der Waals surface area contributed by atoms with Crippen LogP contribution < -0.4 is 10.6 Å². The van der Waals surface area contributed by atoms with Gasteiger partial charge in [0.25, 0.3) is 0 Å². The van der Waals surface area contributed by atoms with Gasteiger partial charge in [-0.15, -0.1) is 11.8 Å². The maximum atomic E-state index is 12.3. The van der Waals surface area contributed by atoms with Gasteiger partial charge < -0.3 is 10.6 Å². The minimum absolute atomic E-state index is 0.0431. The fraction of sp³-hybridized carbons (Fsp3) is 0.533. The maximum Gasteiger partial charge on any atom is 0.240 e. The highest BCUT2D eigenvalue weighted by molar-refractivity contribution is 14.1. The average molecular weight is 438 g/mol. The summed E-state index contributed by atoms with van der Waals surface area (Å²) >= 11 is 5.68. The smallest absolute Gasteiger partial charge is 0.240 e.